The summed E-state index contributed by atoms with van der Waals surface area (Å²) in [6, 6.07) is 17.0. The van der Waals surface area contributed by atoms with Gasteiger partial charge in [-0.2, -0.15) is 0 Å². The van der Waals surface area contributed by atoms with Crippen LogP contribution in [0.15, 0.2) is 59.3 Å². The van der Waals surface area contributed by atoms with Crippen LogP contribution < -0.4 is 10.6 Å². The topological polar surface area (TPSA) is 45.7 Å². The van der Waals surface area contributed by atoms with Gasteiger partial charge >= 0.3 is 0 Å². The lowest BCUT2D eigenvalue weighted by Crippen LogP contribution is -2.87. The lowest BCUT2D eigenvalue weighted by atomic mass is 10.0. The van der Waals surface area contributed by atoms with Gasteiger partial charge in [0.25, 0.3) is 5.91 Å². The van der Waals surface area contributed by atoms with Crippen LogP contribution in [0.1, 0.15) is 39.9 Å². The molecule has 0 saturated heterocycles. The molecule has 2 heterocycles. The van der Waals surface area contributed by atoms with Crippen molar-refractivity contribution < 1.29 is 10.1 Å². The Morgan fingerprint density at radius 2 is 1.68 bits per heavy atom. The Morgan fingerprint density at radius 1 is 1.04 bits per heavy atom. The van der Waals surface area contributed by atoms with Crippen molar-refractivity contribution in [1.29, 1.82) is 0 Å². The summed E-state index contributed by atoms with van der Waals surface area (Å²) < 4.78 is 0. The molecule has 0 saturated carbocycles. The highest BCUT2D eigenvalue weighted by Crippen LogP contribution is 2.23. The molecule has 1 aromatic carbocycles. The van der Waals surface area contributed by atoms with E-state index in [1.807, 2.05) is 18.4 Å². The molecule has 25 heavy (non-hydrogen) atoms. The van der Waals surface area contributed by atoms with E-state index < -0.39 is 0 Å². The Bertz CT molecular complexity index is 780. The summed E-state index contributed by atoms with van der Waals surface area (Å²) in [4.78, 5) is 14.8. The number of benzene rings is 1. The van der Waals surface area contributed by atoms with Gasteiger partial charge in [-0.15, -0.1) is 22.7 Å². The molecular weight excluding hydrogens is 348 g/mol. The van der Waals surface area contributed by atoms with Gasteiger partial charge in [0.1, 0.15) is 6.04 Å². The third-order valence-corrected chi connectivity index (χ3v) is 6.18. The largest absolute Gasteiger partial charge is 0.344 e. The van der Waals surface area contributed by atoms with Crippen LogP contribution in [0, 0.1) is 6.92 Å². The molecular formula is C20H23N2OS2+. The van der Waals surface area contributed by atoms with Gasteiger partial charge in [-0.25, -0.2) is 0 Å². The van der Waals surface area contributed by atoms with Gasteiger partial charge in [0.15, 0.2) is 6.54 Å². The molecule has 0 aliphatic rings. The molecule has 0 aliphatic carbocycles. The van der Waals surface area contributed by atoms with Crippen molar-refractivity contribution in [2.24, 2.45) is 0 Å². The monoisotopic (exact) mass is 371 g/mol. The number of hydrogen-bond donors (Lipinski definition) is 2. The number of amides is 1. The maximum Gasteiger partial charge on any atom is 0.275 e. The standard InChI is InChI=1S/C20H22N2OS2/c1-14-7-9-16(10-8-14)20(18-6-4-12-25-18)21-13-19(23)22-15(2)17-5-3-11-24-17/h3-12,15,20-21H,13H2,1-2H3,(H,22,23)/p+1/t15-,20+/m0/s1. The SMILES string of the molecule is Cc1ccc([C@@H]([NH2+]CC(=O)N[C@@H](C)c2cccs2)c2cccs2)cc1. The van der Waals surface area contributed by atoms with Crippen LogP contribution in [-0.4, -0.2) is 12.5 Å². The van der Waals surface area contributed by atoms with Crippen molar-refractivity contribution in [2.75, 3.05) is 6.54 Å². The van der Waals surface area contributed by atoms with Gasteiger partial charge in [-0.3, -0.25) is 4.79 Å². The molecule has 0 bridgehead atoms. The minimum absolute atomic E-state index is 0.0560. The van der Waals surface area contributed by atoms with Crippen LogP contribution >= 0.6 is 22.7 Å². The van der Waals surface area contributed by atoms with E-state index >= 15 is 0 Å². The highest BCUT2D eigenvalue weighted by Gasteiger charge is 2.20. The fraction of sp³-hybridized carbons (Fsp3) is 0.250. The number of nitrogens with one attached hydrogen (secondary N) is 1. The molecule has 0 radical (unpaired) electrons. The summed E-state index contributed by atoms with van der Waals surface area (Å²) >= 11 is 3.40. The lowest BCUT2D eigenvalue weighted by molar-refractivity contribution is -0.676. The average molecular weight is 372 g/mol. The molecule has 3 aromatic rings. The number of quaternary nitrogens is 1. The molecule has 2 atom stereocenters. The van der Waals surface area contributed by atoms with Crippen molar-refractivity contribution in [1.82, 2.24) is 5.32 Å². The number of rotatable bonds is 7. The second-order valence-corrected chi connectivity index (χ2v) is 8.11. The molecule has 130 valence electrons. The highest BCUT2D eigenvalue weighted by atomic mass is 32.1. The van der Waals surface area contributed by atoms with Gasteiger partial charge in [-0.1, -0.05) is 42.0 Å². The second kappa shape index (κ2) is 8.43. The van der Waals surface area contributed by atoms with Crippen LogP contribution in [0.25, 0.3) is 0 Å². The molecule has 5 heteroatoms. The number of thiophene rings is 2. The fourth-order valence-electron chi connectivity index (χ4n) is 2.79. The van der Waals surface area contributed by atoms with E-state index in [9.17, 15) is 4.79 Å². The fourth-order valence-corrected chi connectivity index (χ4v) is 4.38. The predicted molar refractivity (Wildman–Crippen MR) is 105 cm³/mol. The Kier molecular flexibility index (Phi) is 6.02. The van der Waals surface area contributed by atoms with Crippen LogP contribution in [0.3, 0.4) is 0 Å². The van der Waals surface area contributed by atoms with E-state index in [1.165, 1.54) is 20.9 Å². The molecule has 0 unspecified atom stereocenters. The summed E-state index contributed by atoms with van der Waals surface area (Å²) in [6.45, 7) is 4.53. The normalized spacial score (nSPS) is 13.4. The molecule has 0 fully saturated rings. The zero-order valence-electron chi connectivity index (χ0n) is 14.4. The number of aryl methyl sites for hydroxylation is 1. The van der Waals surface area contributed by atoms with E-state index in [4.69, 9.17) is 0 Å². The zero-order valence-corrected chi connectivity index (χ0v) is 16.1. The predicted octanol–water partition coefficient (Wildman–Crippen LogP) is 3.65. The second-order valence-electron chi connectivity index (χ2n) is 6.15. The van der Waals surface area contributed by atoms with Gasteiger partial charge in [0.05, 0.1) is 10.9 Å². The van der Waals surface area contributed by atoms with Crippen LogP contribution in [0.2, 0.25) is 0 Å². The minimum atomic E-state index is 0.0560. The summed E-state index contributed by atoms with van der Waals surface area (Å²) in [5.41, 5.74) is 2.48. The Morgan fingerprint density at radius 3 is 2.28 bits per heavy atom. The number of nitrogens with two attached hydrogens (primary N) is 1. The van der Waals surface area contributed by atoms with Gasteiger partial charge < -0.3 is 10.6 Å². The van der Waals surface area contributed by atoms with Gasteiger partial charge in [0, 0.05) is 10.4 Å². The first-order valence-corrected chi connectivity index (χ1v) is 10.2. The molecule has 0 aliphatic heterocycles. The Hall–Kier alpha value is -1.95. The molecule has 0 spiro atoms. The summed E-state index contributed by atoms with van der Waals surface area (Å²) in [5.74, 6) is 0.0644. The summed E-state index contributed by atoms with van der Waals surface area (Å²) in [6.07, 6.45) is 0. The molecule has 3 N–H and O–H groups in total. The molecule has 2 aromatic heterocycles. The number of carbonyl (C=O) groups excluding carboxylic acids is 1. The minimum Gasteiger partial charge on any atom is -0.344 e. The molecule has 3 rings (SSSR count). The third kappa shape index (κ3) is 4.78. The van der Waals surface area contributed by atoms with Crippen molar-refractivity contribution >= 4 is 28.6 Å². The first-order valence-electron chi connectivity index (χ1n) is 8.39. The molecule has 1 amide bonds. The van der Waals surface area contributed by atoms with Crippen LogP contribution in [0.4, 0.5) is 0 Å². The summed E-state index contributed by atoms with van der Waals surface area (Å²) in [5, 5.41) is 9.33. The van der Waals surface area contributed by atoms with E-state index in [0.717, 1.165) is 0 Å². The summed E-state index contributed by atoms with van der Waals surface area (Å²) in [7, 11) is 0. The first kappa shape index (κ1) is 17.9. The quantitative estimate of drug-likeness (QED) is 0.654. The first-order chi connectivity index (χ1) is 12.1. The van der Waals surface area contributed by atoms with E-state index in [2.05, 4.69) is 65.4 Å². The van der Waals surface area contributed by atoms with E-state index in [1.54, 1.807) is 22.7 Å². The van der Waals surface area contributed by atoms with E-state index in [-0.39, 0.29) is 18.0 Å². The maximum atomic E-state index is 12.4. The van der Waals surface area contributed by atoms with Crippen molar-refractivity contribution in [3.05, 3.63) is 80.2 Å². The van der Waals surface area contributed by atoms with Crippen LogP contribution in [0.5, 0.6) is 0 Å². The molecule has 3 nitrogen and oxygen atoms in total. The average Bonchev–Trinajstić information content (AvgIpc) is 3.30. The maximum absolute atomic E-state index is 12.4. The van der Waals surface area contributed by atoms with Crippen molar-refractivity contribution in [3.8, 4) is 0 Å². The van der Waals surface area contributed by atoms with Gasteiger partial charge in [0.2, 0.25) is 0 Å². The lowest BCUT2D eigenvalue weighted by Gasteiger charge is -2.16. The zero-order chi connectivity index (χ0) is 17.6. The third-order valence-electron chi connectivity index (χ3n) is 4.17. The van der Waals surface area contributed by atoms with Crippen molar-refractivity contribution in [2.45, 2.75) is 25.9 Å². The van der Waals surface area contributed by atoms with E-state index in [0.29, 0.717) is 6.54 Å². The number of hydrogen-bond acceptors (Lipinski definition) is 3. The Balaban J connectivity index is 1.64. The smallest absolute Gasteiger partial charge is 0.275 e. The number of carbonyl (C=O) groups is 1. The Labute approximate surface area is 156 Å². The van der Waals surface area contributed by atoms with Crippen molar-refractivity contribution in [3.63, 3.8) is 0 Å². The van der Waals surface area contributed by atoms with Crippen LogP contribution in [-0.2, 0) is 4.79 Å². The van der Waals surface area contributed by atoms with Gasteiger partial charge in [-0.05, 0) is 36.7 Å². The highest BCUT2D eigenvalue weighted by molar-refractivity contribution is 7.10.